The maximum Gasteiger partial charge on any atom is 0.336 e. The van der Waals surface area contributed by atoms with Gasteiger partial charge in [-0.1, -0.05) is 17.7 Å². The largest absolute Gasteiger partial charge is 0.481 e. The quantitative estimate of drug-likeness (QED) is 0.735. The van der Waals surface area contributed by atoms with Crippen molar-refractivity contribution in [1.82, 2.24) is 0 Å². The molecule has 0 aliphatic carbocycles. The molecule has 0 radical (unpaired) electrons. The van der Waals surface area contributed by atoms with Gasteiger partial charge in [-0.05, 0) is 50.6 Å². The number of rotatable bonds is 4. The number of amides is 1. The molecule has 1 amide bonds. The molecule has 1 heterocycles. The van der Waals surface area contributed by atoms with Crippen LogP contribution in [0.25, 0.3) is 11.0 Å². The molecule has 0 bridgehead atoms. The van der Waals surface area contributed by atoms with Gasteiger partial charge in [-0.3, -0.25) is 4.79 Å². The molecule has 0 saturated carbocycles. The number of carbonyl (C=O) groups is 1. The van der Waals surface area contributed by atoms with Crippen molar-refractivity contribution in [2.45, 2.75) is 26.9 Å². The minimum atomic E-state index is -0.700. The number of ether oxygens (including phenoxy) is 1. The van der Waals surface area contributed by atoms with E-state index in [2.05, 4.69) is 5.32 Å². The maximum atomic E-state index is 12.4. The van der Waals surface area contributed by atoms with Crippen molar-refractivity contribution in [2.24, 2.45) is 0 Å². The Hall–Kier alpha value is -3.08. The average molecular weight is 337 g/mol. The molecule has 0 fully saturated rings. The highest BCUT2D eigenvalue weighted by Gasteiger charge is 2.16. The standard InChI is InChI=1S/C20H19NO4/c1-12-4-8-17(13(2)10-12)21-20(23)14(3)24-16-7-5-15-6-9-19(22)25-18(15)11-16/h4-11,14H,1-3H3,(H,21,23)/t14-/m1/s1. The molecule has 0 unspecified atom stereocenters. The zero-order chi connectivity index (χ0) is 18.0. The van der Waals surface area contributed by atoms with Gasteiger partial charge >= 0.3 is 5.63 Å². The molecule has 25 heavy (non-hydrogen) atoms. The van der Waals surface area contributed by atoms with E-state index in [1.807, 2.05) is 32.0 Å². The van der Waals surface area contributed by atoms with E-state index in [9.17, 15) is 9.59 Å². The van der Waals surface area contributed by atoms with Crippen LogP contribution in [0.5, 0.6) is 5.75 Å². The van der Waals surface area contributed by atoms with Crippen LogP contribution in [0.3, 0.4) is 0 Å². The SMILES string of the molecule is Cc1ccc(NC(=O)[C@@H](C)Oc2ccc3ccc(=O)oc3c2)c(C)c1. The Labute approximate surface area is 145 Å². The fourth-order valence-electron chi connectivity index (χ4n) is 2.56. The molecule has 1 N–H and O–H groups in total. The van der Waals surface area contributed by atoms with Crippen molar-refractivity contribution in [2.75, 3.05) is 5.32 Å². The molecular weight excluding hydrogens is 318 g/mol. The Kier molecular flexibility index (Phi) is 4.57. The topological polar surface area (TPSA) is 68.5 Å². The van der Waals surface area contributed by atoms with Crippen molar-refractivity contribution in [3.05, 3.63) is 70.1 Å². The zero-order valence-electron chi connectivity index (χ0n) is 14.3. The third kappa shape index (κ3) is 3.88. The minimum absolute atomic E-state index is 0.249. The van der Waals surface area contributed by atoms with Crippen molar-refractivity contribution in [3.8, 4) is 5.75 Å². The van der Waals surface area contributed by atoms with E-state index in [1.165, 1.54) is 6.07 Å². The molecule has 2 aromatic carbocycles. The van der Waals surface area contributed by atoms with Crippen LogP contribution in [0.4, 0.5) is 5.69 Å². The van der Waals surface area contributed by atoms with E-state index in [0.717, 1.165) is 22.2 Å². The summed E-state index contributed by atoms with van der Waals surface area (Å²) in [4.78, 5) is 23.7. The molecule has 0 saturated heterocycles. The first-order valence-electron chi connectivity index (χ1n) is 8.01. The normalized spacial score (nSPS) is 12.0. The Morgan fingerprint density at radius 2 is 1.84 bits per heavy atom. The molecular formula is C20H19NO4. The van der Waals surface area contributed by atoms with Crippen LogP contribution in [0.15, 0.2) is 57.7 Å². The molecule has 1 atom stereocenters. The Balaban J connectivity index is 1.73. The number of benzene rings is 2. The van der Waals surface area contributed by atoms with Gasteiger partial charge in [-0.15, -0.1) is 0 Å². The van der Waals surface area contributed by atoms with Crippen molar-refractivity contribution in [3.63, 3.8) is 0 Å². The van der Waals surface area contributed by atoms with E-state index >= 15 is 0 Å². The zero-order valence-corrected chi connectivity index (χ0v) is 14.3. The molecule has 3 aromatic rings. The predicted molar refractivity (Wildman–Crippen MR) is 97.1 cm³/mol. The van der Waals surface area contributed by atoms with Gasteiger partial charge in [0.15, 0.2) is 6.10 Å². The lowest BCUT2D eigenvalue weighted by Crippen LogP contribution is -2.30. The predicted octanol–water partition coefficient (Wildman–Crippen LogP) is 3.82. The van der Waals surface area contributed by atoms with Gasteiger partial charge < -0.3 is 14.5 Å². The van der Waals surface area contributed by atoms with Crippen LogP contribution < -0.4 is 15.7 Å². The number of carbonyl (C=O) groups excluding carboxylic acids is 1. The van der Waals surface area contributed by atoms with Crippen LogP contribution in [0, 0.1) is 13.8 Å². The number of aryl methyl sites for hydroxylation is 2. The number of hydrogen-bond donors (Lipinski definition) is 1. The first kappa shape index (κ1) is 16.8. The summed E-state index contributed by atoms with van der Waals surface area (Å²) in [7, 11) is 0. The van der Waals surface area contributed by atoms with Crippen molar-refractivity contribution < 1.29 is 13.9 Å². The monoisotopic (exact) mass is 337 g/mol. The van der Waals surface area contributed by atoms with Gasteiger partial charge in [0.2, 0.25) is 0 Å². The lowest BCUT2D eigenvalue weighted by molar-refractivity contribution is -0.122. The molecule has 1 aromatic heterocycles. The van der Waals surface area contributed by atoms with E-state index < -0.39 is 11.7 Å². The first-order valence-corrected chi connectivity index (χ1v) is 8.01. The summed E-state index contributed by atoms with van der Waals surface area (Å²) in [5, 5.41) is 3.66. The summed E-state index contributed by atoms with van der Waals surface area (Å²) in [5.41, 5.74) is 2.89. The molecule has 5 nitrogen and oxygen atoms in total. The van der Waals surface area contributed by atoms with E-state index in [-0.39, 0.29) is 5.91 Å². The Morgan fingerprint density at radius 1 is 1.08 bits per heavy atom. The second-order valence-corrected chi connectivity index (χ2v) is 6.02. The van der Waals surface area contributed by atoms with Crippen LogP contribution in [0.1, 0.15) is 18.1 Å². The third-order valence-electron chi connectivity index (χ3n) is 3.92. The van der Waals surface area contributed by atoms with Gasteiger partial charge in [-0.25, -0.2) is 4.79 Å². The van der Waals surface area contributed by atoms with E-state index in [1.54, 1.807) is 31.2 Å². The average Bonchev–Trinajstić information content (AvgIpc) is 2.57. The second-order valence-electron chi connectivity index (χ2n) is 6.02. The molecule has 5 heteroatoms. The fourth-order valence-corrected chi connectivity index (χ4v) is 2.56. The highest BCUT2D eigenvalue weighted by molar-refractivity contribution is 5.94. The Bertz CT molecular complexity index is 990. The summed E-state index contributed by atoms with van der Waals surface area (Å²) in [5.74, 6) is 0.215. The van der Waals surface area contributed by atoms with Crippen molar-refractivity contribution >= 4 is 22.6 Å². The summed E-state index contributed by atoms with van der Waals surface area (Å²) >= 11 is 0. The molecule has 0 aliphatic heterocycles. The first-order chi connectivity index (χ1) is 11.9. The van der Waals surface area contributed by atoms with Gasteiger partial charge in [0.1, 0.15) is 11.3 Å². The van der Waals surface area contributed by atoms with Crippen LogP contribution in [-0.2, 0) is 4.79 Å². The number of nitrogens with one attached hydrogen (secondary N) is 1. The van der Waals surface area contributed by atoms with Gasteiger partial charge in [-0.2, -0.15) is 0 Å². The van der Waals surface area contributed by atoms with Crippen LogP contribution >= 0.6 is 0 Å². The number of anilines is 1. The second kappa shape index (κ2) is 6.81. The minimum Gasteiger partial charge on any atom is -0.481 e. The summed E-state index contributed by atoms with van der Waals surface area (Å²) in [6.45, 7) is 5.62. The third-order valence-corrected chi connectivity index (χ3v) is 3.92. The van der Waals surface area contributed by atoms with Crippen molar-refractivity contribution in [1.29, 1.82) is 0 Å². The summed E-state index contributed by atoms with van der Waals surface area (Å²) < 4.78 is 10.8. The molecule has 0 spiro atoms. The summed E-state index contributed by atoms with van der Waals surface area (Å²) in [6.07, 6.45) is -0.700. The molecule has 128 valence electrons. The molecule has 3 rings (SSSR count). The number of hydrogen-bond acceptors (Lipinski definition) is 4. The maximum absolute atomic E-state index is 12.4. The van der Waals surface area contributed by atoms with Gasteiger partial charge in [0.25, 0.3) is 5.91 Å². The van der Waals surface area contributed by atoms with Gasteiger partial charge in [0, 0.05) is 23.2 Å². The van der Waals surface area contributed by atoms with Crippen LogP contribution in [-0.4, -0.2) is 12.0 Å². The highest BCUT2D eigenvalue weighted by Crippen LogP contribution is 2.21. The lowest BCUT2D eigenvalue weighted by Gasteiger charge is -2.16. The lowest BCUT2D eigenvalue weighted by atomic mass is 10.1. The van der Waals surface area contributed by atoms with Crippen LogP contribution in [0.2, 0.25) is 0 Å². The van der Waals surface area contributed by atoms with E-state index in [4.69, 9.17) is 9.15 Å². The van der Waals surface area contributed by atoms with E-state index in [0.29, 0.717) is 11.3 Å². The fraction of sp³-hybridized carbons (Fsp3) is 0.200. The Morgan fingerprint density at radius 3 is 2.60 bits per heavy atom. The highest BCUT2D eigenvalue weighted by atomic mass is 16.5. The summed E-state index contributed by atoms with van der Waals surface area (Å²) in [6, 6.07) is 14.0. The van der Waals surface area contributed by atoms with Gasteiger partial charge in [0.05, 0.1) is 0 Å². The number of fused-ring (bicyclic) bond motifs is 1. The smallest absolute Gasteiger partial charge is 0.336 e. The molecule has 0 aliphatic rings.